The molecule has 2 nitrogen and oxygen atoms in total. The van der Waals surface area contributed by atoms with Gasteiger partial charge in [0.05, 0.1) is 16.8 Å². The summed E-state index contributed by atoms with van der Waals surface area (Å²) in [7, 11) is 1.86. The molecule has 0 saturated heterocycles. The maximum atomic E-state index is 12.5. The fraction of sp³-hybridized carbons (Fsp3) is 0.308. The van der Waals surface area contributed by atoms with Crippen molar-refractivity contribution in [2.45, 2.75) is 18.1 Å². The standard InChI is InChI=1S/C13H13F3N2S/c1-3-19-11-8-17-12(18(11)2)9-4-6-10(7-5-9)13(14,15)16/h4-8H,3H2,1-2H3. The Morgan fingerprint density at radius 2 is 1.84 bits per heavy atom. The molecule has 0 unspecified atom stereocenters. The average Bonchev–Trinajstić information content (AvgIpc) is 2.71. The number of imidazole rings is 1. The number of aromatic nitrogens is 2. The molecule has 1 aromatic carbocycles. The second kappa shape index (κ2) is 5.28. The van der Waals surface area contributed by atoms with Crippen LogP contribution in [0.5, 0.6) is 0 Å². The van der Waals surface area contributed by atoms with Crippen LogP contribution in [0.4, 0.5) is 13.2 Å². The molecule has 0 amide bonds. The molecule has 0 atom stereocenters. The van der Waals surface area contributed by atoms with Crippen molar-refractivity contribution in [3.8, 4) is 11.4 Å². The third-order valence-corrected chi connectivity index (χ3v) is 3.67. The fourth-order valence-corrected chi connectivity index (χ4v) is 2.46. The van der Waals surface area contributed by atoms with Crippen LogP contribution in [-0.4, -0.2) is 15.3 Å². The first kappa shape index (κ1) is 14.0. The second-order valence-corrected chi connectivity index (χ2v) is 5.27. The minimum Gasteiger partial charge on any atom is -0.322 e. The van der Waals surface area contributed by atoms with Crippen LogP contribution in [0.1, 0.15) is 12.5 Å². The maximum Gasteiger partial charge on any atom is 0.416 e. The molecule has 0 aliphatic rings. The highest BCUT2D eigenvalue weighted by molar-refractivity contribution is 7.99. The topological polar surface area (TPSA) is 17.8 Å². The Balaban J connectivity index is 2.32. The van der Waals surface area contributed by atoms with E-state index in [0.29, 0.717) is 11.4 Å². The number of rotatable bonds is 3. The van der Waals surface area contributed by atoms with Crippen LogP contribution in [0.2, 0.25) is 0 Å². The van der Waals surface area contributed by atoms with Gasteiger partial charge in [-0.25, -0.2) is 4.98 Å². The van der Waals surface area contributed by atoms with Crippen molar-refractivity contribution in [1.29, 1.82) is 0 Å². The summed E-state index contributed by atoms with van der Waals surface area (Å²) in [4.78, 5) is 4.26. The van der Waals surface area contributed by atoms with Gasteiger partial charge in [-0.05, 0) is 17.9 Å². The lowest BCUT2D eigenvalue weighted by atomic mass is 10.1. The SMILES string of the molecule is CCSc1cnc(-c2ccc(C(F)(F)F)cc2)n1C. The number of hydrogen-bond acceptors (Lipinski definition) is 2. The van der Waals surface area contributed by atoms with Gasteiger partial charge in [0.2, 0.25) is 0 Å². The Bertz CT molecular complexity index is 558. The molecule has 2 aromatic rings. The van der Waals surface area contributed by atoms with E-state index >= 15 is 0 Å². The minimum absolute atomic E-state index is 0.645. The molecular weight excluding hydrogens is 273 g/mol. The molecule has 0 aliphatic carbocycles. The van der Waals surface area contributed by atoms with E-state index in [-0.39, 0.29) is 0 Å². The number of hydrogen-bond donors (Lipinski definition) is 0. The zero-order valence-electron chi connectivity index (χ0n) is 10.5. The predicted molar refractivity (Wildman–Crippen MR) is 70.0 cm³/mol. The number of nitrogens with zero attached hydrogens (tertiary/aromatic N) is 2. The number of thioether (sulfide) groups is 1. The first-order valence-electron chi connectivity index (χ1n) is 5.75. The van der Waals surface area contributed by atoms with Gasteiger partial charge in [0.15, 0.2) is 0 Å². The largest absolute Gasteiger partial charge is 0.416 e. The first-order chi connectivity index (χ1) is 8.93. The van der Waals surface area contributed by atoms with Gasteiger partial charge in [-0.15, -0.1) is 11.8 Å². The van der Waals surface area contributed by atoms with E-state index in [1.165, 1.54) is 12.1 Å². The lowest BCUT2D eigenvalue weighted by molar-refractivity contribution is -0.137. The highest BCUT2D eigenvalue weighted by Crippen LogP contribution is 2.31. The third kappa shape index (κ3) is 2.94. The molecule has 2 rings (SSSR count). The highest BCUT2D eigenvalue weighted by Gasteiger charge is 2.30. The third-order valence-electron chi connectivity index (χ3n) is 2.71. The van der Waals surface area contributed by atoms with Gasteiger partial charge in [0.25, 0.3) is 0 Å². The van der Waals surface area contributed by atoms with E-state index in [9.17, 15) is 13.2 Å². The van der Waals surface area contributed by atoms with E-state index in [4.69, 9.17) is 0 Å². The van der Waals surface area contributed by atoms with Crippen LogP contribution in [0.3, 0.4) is 0 Å². The molecule has 0 spiro atoms. The van der Waals surface area contributed by atoms with Crippen LogP contribution in [0.15, 0.2) is 35.5 Å². The van der Waals surface area contributed by atoms with Gasteiger partial charge in [-0.2, -0.15) is 13.2 Å². The summed E-state index contributed by atoms with van der Waals surface area (Å²) < 4.78 is 39.3. The number of alkyl halides is 3. The van der Waals surface area contributed by atoms with Gasteiger partial charge >= 0.3 is 6.18 Å². The molecule has 0 fully saturated rings. The fourth-order valence-electron chi connectivity index (χ4n) is 1.75. The first-order valence-corrected chi connectivity index (χ1v) is 6.74. The number of halogens is 3. The van der Waals surface area contributed by atoms with Crippen molar-refractivity contribution in [3.05, 3.63) is 36.0 Å². The van der Waals surface area contributed by atoms with Gasteiger partial charge in [0.1, 0.15) is 5.82 Å². The van der Waals surface area contributed by atoms with Gasteiger partial charge in [0, 0.05) is 12.6 Å². The van der Waals surface area contributed by atoms with E-state index in [0.717, 1.165) is 22.9 Å². The van der Waals surface area contributed by atoms with E-state index in [2.05, 4.69) is 4.98 Å². The highest BCUT2D eigenvalue weighted by atomic mass is 32.2. The summed E-state index contributed by atoms with van der Waals surface area (Å²) in [5.41, 5.74) is 0.0343. The molecule has 1 heterocycles. The zero-order chi connectivity index (χ0) is 14.0. The summed E-state index contributed by atoms with van der Waals surface area (Å²) in [6, 6.07) is 5.06. The predicted octanol–water partition coefficient (Wildman–Crippen LogP) is 4.22. The van der Waals surface area contributed by atoms with E-state index in [1.807, 2.05) is 18.5 Å². The van der Waals surface area contributed by atoms with Crippen LogP contribution < -0.4 is 0 Å². The minimum atomic E-state index is -4.30. The molecule has 19 heavy (non-hydrogen) atoms. The average molecular weight is 286 g/mol. The molecule has 102 valence electrons. The molecule has 0 aliphatic heterocycles. The Hall–Kier alpha value is -1.43. The van der Waals surface area contributed by atoms with Crippen molar-refractivity contribution < 1.29 is 13.2 Å². The van der Waals surface area contributed by atoms with E-state index in [1.54, 1.807) is 18.0 Å². The molecular formula is C13H13F3N2S. The van der Waals surface area contributed by atoms with Crippen molar-refractivity contribution in [2.24, 2.45) is 7.05 Å². The maximum absolute atomic E-state index is 12.5. The Morgan fingerprint density at radius 1 is 1.21 bits per heavy atom. The lowest BCUT2D eigenvalue weighted by Gasteiger charge is -2.08. The summed E-state index contributed by atoms with van der Waals surface area (Å²) in [5.74, 6) is 1.59. The Kier molecular flexibility index (Phi) is 3.89. The van der Waals surface area contributed by atoms with Crippen molar-refractivity contribution in [3.63, 3.8) is 0 Å². The monoisotopic (exact) mass is 286 g/mol. The summed E-state index contributed by atoms with van der Waals surface area (Å²) in [6.45, 7) is 2.04. The smallest absolute Gasteiger partial charge is 0.322 e. The molecule has 0 radical (unpaired) electrons. The summed E-state index contributed by atoms with van der Waals surface area (Å²) in [5, 5.41) is 0.998. The normalized spacial score (nSPS) is 11.8. The quantitative estimate of drug-likeness (QED) is 0.786. The molecule has 0 bridgehead atoms. The van der Waals surface area contributed by atoms with E-state index < -0.39 is 11.7 Å². The van der Waals surface area contributed by atoms with Crippen LogP contribution in [0, 0.1) is 0 Å². The Labute approximate surface area is 113 Å². The van der Waals surface area contributed by atoms with Gasteiger partial charge in [-0.3, -0.25) is 0 Å². The second-order valence-electron chi connectivity index (χ2n) is 3.99. The van der Waals surface area contributed by atoms with Crippen molar-refractivity contribution >= 4 is 11.8 Å². The van der Waals surface area contributed by atoms with Crippen LogP contribution >= 0.6 is 11.8 Å². The molecule has 0 saturated carbocycles. The van der Waals surface area contributed by atoms with Crippen LogP contribution in [-0.2, 0) is 13.2 Å². The molecule has 0 N–H and O–H groups in total. The number of benzene rings is 1. The summed E-state index contributed by atoms with van der Waals surface area (Å²) >= 11 is 1.65. The van der Waals surface area contributed by atoms with Gasteiger partial charge in [-0.1, -0.05) is 19.1 Å². The molecule has 6 heteroatoms. The lowest BCUT2D eigenvalue weighted by Crippen LogP contribution is -2.04. The zero-order valence-corrected chi connectivity index (χ0v) is 11.3. The van der Waals surface area contributed by atoms with Crippen molar-refractivity contribution in [1.82, 2.24) is 9.55 Å². The van der Waals surface area contributed by atoms with Gasteiger partial charge < -0.3 is 4.57 Å². The summed E-state index contributed by atoms with van der Waals surface area (Å²) in [6.07, 6.45) is -2.56. The van der Waals surface area contributed by atoms with Crippen LogP contribution in [0.25, 0.3) is 11.4 Å². The Morgan fingerprint density at radius 3 is 2.37 bits per heavy atom. The van der Waals surface area contributed by atoms with Crippen molar-refractivity contribution in [2.75, 3.05) is 5.75 Å². The molecule has 1 aromatic heterocycles.